The van der Waals surface area contributed by atoms with Crippen LogP contribution in [0.25, 0.3) is 0 Å². The molecule has 0 aromatic heterocycles. The van der Waals surface area contributed by atoms with Crippen molar-refractivity contribution in [2.24, 2.45) is 0 Å². The summed E-state index contributed by atoms with van der Waals surface area (Å²) in [5.41, 5.74) is 1.60. The van der Waals surface area contributed by atoms with Crippen molar-refractivity contribution < 1.29 is 13.2 Å². The molecule has 1 aromatic carbocycles. The molecule has 104 valence electrons. The molecule has 0 saturated heterocycles. The molecule has 0 aliphatic heterocycles. The number of anilines is 1. The molecule has 0 unspecified atom stereocenters. The number of nitrogens with zero attached hydrogens (tertiary/aromatic N) is 1. The van der Waals surface area contributed by atoms with Crippen molar-refractivity contribution in [1.29, 1.82) is 0 Å². The molecule has 0 fully saturated rings. The Morgan fingerprint density at radius 2 is 2.05 bits per heavy atom. The highest BCUT2D eigenvalue weighted by molar-refractivity contribution is 7.88. The van der Waals surface area contributed by atoms with Crippen LogP contribution in [0.4, 0.5) is 5.69 Å². The van der Waals surface area contributed by atoms with Crippen LogP contribution in [0.2, 0.25) is 0 Å². The Morgan fingerprint density at radius 3 is 2.58 bits per heavy atom. The molecule has 1 aromatic rings. The molecular formula is C13H18N2O3S. The van der Waals surface area contributed by atoms with E-state index in [0.29, 0.717) is 5.69 Å². The fourth-order valence-corrected chi connectivity index (χ4v) is 2.25. The third-order valence-electron chi connectivity index (χ3n) is 2.54. The van der Waals surface area contributed by atoms with Crippen molar-refractivity contribution in [2.45, 2.75) is 6.92 Å². The molecule has 0 heterocycles. The van der Waals surface area contributed by atoms with Crippen molar-refractivity contribution in [3.05, 3.63) is 42.5 Å². The van der Waals surface area contributed by atoms with Gasteiger partial charge in [-0.25, -0.2) is 8.42 Å². The highest BCUT2D eigenvalue weighted by Crippen LogP contribution is 2.13. The first kappa shape index (κ1) is 15.4. The summed E-state index contributed by atoms with van der Waals surface area (Å²) in [6.45, 7) is 5.24. The minimum Gasteiger partial charge on any atom is -0.325 e. The van der Waals surface area contributed by atoms with Gasteiger partial charge in [-0.1, -0.05) is 24.3 Å². The van der Waals surface area contributed by atoms with Gasteiger partial charge in [0.15, 0.2) is 0 Å². The molecule has 0 bridgehead atoms. The fourth-order valence-electron chi connectivity index (χ4n) is 1.52. The van der Waals surface area contributed by atoms with E-state index in [-0.39, 0.29) is 19.0 Å². The number of amides is 1. The van der Waals surface area contributed by atoms with E-state index >= 15 is 0 Å². The number of carbonyl (C=O) groups excluding carboxylic acids is 1. The van der Waals surface area contributed by atoms with Crippen molar-refractivity contribution in [3.8, 4) is 0 Å². The van der Waals surface area contributed by atoms with Gasteiger partial charge in [0, 0.05) is 12.2 Å². The topological polar surface area (TPSA) is 66.5 Å². The van der Waals surface area contributed by atoms with Gasteiger partial charge in [0.25, 0.3) is 0 Å². The smallest absolute Gasteiger partial charge is 0.239 e. The maximum atomic E-state index is 11.8. The third kappa shape index (κ3) is 4.84. The van der Waals surface area contributed by atoms with E-state index < -0.39 is 10.0 Å². The normalized spacial score (nSPS) is 11.3. The molecule has 0 spiro atoms. The number of carbonyl (C=O) groups is 1. The molecule has 19 heavy (non-hydrogen) atoms. The number of nitrogens with one attached hydrogen (secondary N) is 1. The molecule has 0 aliphatic carbocycles. The molecule has 0 aliphatic rings. The zero-order valence-electron chi connectivity index (χ0n) is 11.1. The summed E-state index contributed by atoms with van der Waals surface area (Å²) in [6, 6.07) is 7.31. The fraction of sp³-hybridized carbons (Fsp3) is 0.308. The van der Waals surface area contributed by atoms with E-state index in [1.165, 1.54) is 6.08 Å². The Bertz CT molecular complexity index is 567. The summed E-state index contributed by atoms with van der Waals surface area (Å²) in [6.07, 6.45) is 2.51. The van der Waals surface area contributed by atoms with E-state index in [1.807, 2.05) is 19.1 Å². The number of aryl methyl sites for hydroxylation is 1. The number of benzene rings is 1. The maximum Gasteiger partial charge on any atom is 0.239 e. The van der Waals surface area contributed by atoms with E-state index in [4.69, 9.17) is 0 Å². The van der Waals surface area contributed by atoms with Gasteiger partial charge in [-0.3, -0.25) is 4.79 Å². The van der Waals surface area contributed by atoms with Gasteiger partial charge in [0.1, 0.15) is 0 Å². The lowest BCUT2D eigenvalue weighted by Gasteiger charge is -2.17. The van der Waals surface area contributed by atoms with Gasteiger partial charge >= 0.3 is 0 Å². The molecule has 5 nitrogen and oxygen atoms in total. The highest BCUT2D eigenvalue weighted by atomic mass is 32.2. The first-order chi connectivity index (χ1) is 8.84. The zero-order valence-corrected chi connectivity index (χ0v) is 11.9. The van der Waals surface area contributed by atoms with Gasteiger partial charge in [-0.05, 0) is 18.6 Å². The zero-order chi connectivity index (χ0) is 14.5. The first-order valence-corrected chi connectivity index (χ1v) is 7.61. The Morgan fingerprint density at radius 1 is 1.42 bits per heavy atom. The molecular weight excluding hydrogens is 264 g/mol. The SMILES string of the molecule is C=CCN(CC(=O)Nc1ccccc1C)S(C)(=O)=O. The molecule has 0 atom stereocenters. The lowest BCUT2D eigenvalue weighted by molar-refractivity contribution is -0.116. The largest absolute Gasteiger partial charge is 0.325 e. The van der Waals surface area contributed by atoms with Crippen LogP contribution >= 0.6 is 0 Å². The number of hydrogen-bond donors (Lipinski definition) is 1. The number of para-hydroxylation sites is 1. The Labute approximate surface area is 114 Å². The van der Waals surface area contributed by atoms with Crippen molar-refractivity contribution in [3.63, 3.8) is 0 Å². The van der Waals surface area contributed by atoms with E-state index in [1.54, 1.807) is 12.1 Å². The van der Waals surface area contributed by atoms with E-state index in [2.05, 4.69) is 11.9 Å². The summed E-state index contributed by atoms with van der Waals surface area (Å²) in [5.74, 6) is -0.374. The minimum atomic E-state index is -3.42. The summed E-state index contributed by atoms with van der Waals surface area (Å²) < 4.78 is 24.0. The van der Waals surface area contributed by atoms with Crippen LogP contribution in [0.1, 0.15) is 5.56 Å². The number of hydrogen-bond acceptors (Lipinski definition) is 3. The van der Waals surface area contributed by atoms with E-state index in [0.717, 1.165) is 16.1 Å². The average molecular weight is 282 g/mol. The van der Waals surface area contributed by atoms with E-state index in [9.17, 15) is 13.2 Å². The third-order valence-corrected chi connectivity index (χ3v) is 3.76. The minimum absolute atomic E-state index is 0.111. The second-order valence-corrected chi connectivity index (χ2v) is 6.19. The molecule has 6 heteroatoms. The molecule has 0 saturated carbocycles. The maximum absolute atomic E-state index is 11.8. The lowest BCUT2D eigenvalue weighted by atomic mass is 10.2. The average Bonchev–Trinajstić information content (AvgIpc) is 2.30. The van der Waals surface area contributed by atoms with Crippen LogP contribution in [0, 0.1) is 6.92 Å². The second-order valence-electron chi connectivity index (χ2n) is 4.21. The van der Waals surface area contributed by atoms with Crippen LogP contribution in [-0.4, -0.2) is 38.0 Å². The second kappa shape index (κ2) is 6.49. The van der Waals surface area contributed by atoms with Crippen LogP contribution < -0.4 is 5.32 Å². The Balaban J connectivity index is 2.74. The lowest BCUT2D eigenvalue weighted by Crippen LogP contribution is -2.37. The summed E-state index contributed by atoms with van der Waals surface area (Å²) >= 11 is 0. The van der Waals surface area contributed by atoms with Crippen molar-refractivity contribution >= 4 is 21.6 Å². The predicted molar refractivity (Wildman–Crippen MR) is 76.4 cm³/mol. The molecule has 0 radical (unpaired) electrons. The van der Waals surface area contributed by atoms with Gasteiger partial charge in [-0.2, -0.15) is 4.31 Å². The van der Waals surface area contributed by atoms with Gasteiger partial charge in [0.05, 0.1) is 12.8 Å². The number of sulfonamides is 1. The Hall–Kier alpha value is -1.66. The van der Waals surface area contributed by atoms with Crippen LogP contribution in [0.3, 0.4) is 0 Å². The quantitative estimate of drug-likeness (QED) is 0.802. The summed E-state index contributed by atoms with van der Waals surface area (Å²) in [4.78, 5) is 11.8. The van der Waals surface area contributed by atoms with Gasteiger partial charge in [-0.15, -0.1) is 6.58 Å². The van der Waals surface area contributed by atoms with Crippen LogP contribution in [0.15, 0.2) is 36.9 Å². The summed E-state index contributed by atoms with van der Waals surface area (Å²) in [5, 5.41) is 2.69. The van der Waals surface area contributed by atoms with Crippen molar-refractivity contribution in [1.82, 2.24) is 4.31 Å². The predicted octanol–water partition coefficient (Wildman–Crippen LogP) is 1.38. The molecule has 1 rings (SSSR count). The summed E-state index contributed by atoms with van der Waals surface area (Å²) in [7, 11) is -3.42. The van der Waals surface area contributed by atoms with Crippen LogP contribution in [0.5, 0.6) is 0 Å². The number of rotatable bonds is 6. The van der Waals surface area contributed by atoms with Crippen LogP contribution in [-0.2, 0) is 14.8 Å². The highest BCUT2D eigenvalue weighted by Gasteiger charge is 2.18. The first-order valence-electron chi connectivity index (χ1n) is 5.76. The monoisotopic (exact) mass is 282 g/mol. The Kier molecular flexibility index (Phi) is 5.26. The molecule has 1 amide bonds. The molecule has 1 N–H and O–H groups in total. The van der Waals surface area contributed by atoms with Crippen molar-refractivity contribution in [2.75, 3.05) is 24.7 Å². The standard InChI is InChI=1S/C13H18N2O3S/c1-4-9-15(19(3,17)18)10-13(16)14-12-8-6-5-7-11(12)2/h4-8H,1,9-10H2,2-3H3,(H,14,16). The van der Waals surface area contributed by atoms with Gasteiger partial charge in [0.2, 0.25) is 15.9 Å². The van der Waals surface area contributed by atoms with Gasteiger partial charge < -0.3 is 5.32 Å².